The van der Waals surface area contributed by atoms with Gasteiger partial charge in [0, 0.05) is 44.4 Å². The van der Waals surface area contributed by atoms with Crippen molar-refractivity contribution in [2.24, 2.45) is 0 Å². The van der Waals surface area contributed by atoms with Crippen LogP contribution in [0.4, 0.5) is 25.0 Å². The van der Waals surface area contributed by atoms with Crippen LogP contribution in [-0.2, 0) is 16.6 Å². The normalized spacial score (nSPS) is 14.1. The molecule has 0 aliphatic carbocycles. The standard InChI is InChI=1S/C29H35F2N5O4S.ClH/c1-3-4-15-36(29(37)33-27-11-7-22(30)18-26(27)31)24-13-16-35(17-14-24)20-21-5-9-25(10-6-21)40-28-12-8-23(19-32-28)34-41(2,38)39;/h5-12,18-19,24,34H,3-4,13-17,20H2,1-2H3,(H,33,37);1H. The van der Waals surface area contributed by atoms with Crippen LogP contribution in [0.25, 0.3) is 0 Å². The number of halogens is 3. The van der Waals surface area contributed by atoms with Crippen LogP contribution in [0.5, 0.6) is 11.6 Å². The number of pyridine rings is 1. The van der Waals surface area contributed by atoms with Crippen molar-refractivity contribution in [1.29, 1.82) is 0 Å². The van der Waals surface area contributed by atoms with Gasteiger partial charge < -0.3 is 15.0 Å². The number of carbonyl (C=O) groups excluding carboxylic acids is 1. The van der Waals surface area contributed by atoms with Crippen molar-refractivity contribution in [3.63, 3.8) is 0 Å². The number of nitrogens with one attached hydrogen (secondary N) is 2. The fraction of sp³-hybridized carbons (Fsp3) is 0.379. The zero-order valence-corrected chi connectivity index (χ0v) is 25.2. The molecule has 4 rings (SSSR count). The van der Waals surface area contributed by atoms with E-state index >= 15 is 0 Å². The SMILES string of the molecule is CCCCN(C(=O)Nc1ccc(F)cc1F)C1CCN(Cc2ccc(Oc3ccc(NS(C)(=O)=O)cn3)cc2)CC1.Cl. The molecule has 2 amide bonds. The van der Waals surface area contributed by atoms with Crippen LogP contribution in [-0.4, -0.2) is 61.2 Å². The second kappa shape index (κ2) is 15.1. The van der Waals surface area contributed by atoms with Crippen LogP contribution in [0.2, 0.25) is 0 Å². The molecule has 2 aromatic carbocycles. The van der Waals surface area contributed by atoms with Crippen molar-refractivity contribution in [3.8, 4) is 11.6 Å². The predicted octanol–water partition coefficient (Wildman–Crippen LogP) is 6.24. The molecule has 1 aromatic heterocycles. The van der Waals surface area contributed by atoms with E-state index in [2.05, 4.69) is 26.8 Å². The second-order valence-corrected chi connectivity index (χ2v) is 11.9. The molecule has 0 unspecified atom stereocenters. The fourth-order valence-corrected chi connectivity index (χ4v) is 5.25. The Balaban J connectivity index is 0.00000484. The Morgan fingerprint density at radius 3 is 2.40 bits per heavy atom. The highest BCUT2D eigenvalue weighted by Crippen LogP contribution is 2.24. The van der Waals surface area contributed by atoms with Crippen LogP contribution in [0.3, 0.4) is 0 Å². The van der Waals surface area contributed by atoms with Crippen molar-refractivity contribution in [3.05, 3.63) is 78.0 Å². The summed E-state index contributed by atoms with van der Waals surface area (Å²) in [7, 11) is -3.37. The molecular weight excluding hydrogens is 588 g/mol. The zero-order chi connectivity index (χ0) is 29.4. The number of amides is 2. The van der Waals surface area contributed by atoms with Gasteiger partial charge in [0.15, 0.2) is 0 Å². The van der Waals surface area contributed by atoms with E-state index in [9.17, 15) is 22.0 Å². The highest BCUT2D eigenvalue weighted by Gasteiger charge is 2.28. The molecule has 9 nitrogen and oxygen atoms in total. The fourth-order valence-electron chi connectivity index (χ4n) is 4.70. The molecular formula is C29H36ClF2N5O4S. The average molecular weight is 624 g/mol. The molecule has 228 valence electrons. The number of ether oxygens (including phenoxy) is 1. The van der Waals surface area contributed by atoms with E-state index < -0.39 is 21.7 Å². The van der Waals surface area contributed by atoms with Crippen LogP contribution >= 0.6 is 12.4 Å². The van der Waals surface area contributed by atoms with Crippen LogP contribution in [0.1, 0.15) is 38.2 Å². The number of rotatable bonds is 11. The van der Waals surface area contributed by atoms with E-state index in [1.54, 1.807) is 17.0 Å². The Morgan fingerprint density at radius 1 is 1.10 bits per heavy atom. The molecule has 0 bridgehead atoms. The van der Waals surface area contributed by atoms with Crippen molar-refractivity contribution >= 4 is 39.8 Å². The van der Waals surface area contributed by atoms with Crippen molar-refractivity contribution in [2.75, 3.05) is 35.9 Å². The molecule has 2 heterocycles. The quantitative estimate of drug-likeness (QED) is 0.262. The van der Waals surface area contributed by atoms with Crippen molar-refractivity contribution in [2.45, 2.75) is 45.2 Å². The zero-order valence-electron chi connectivity index (χ0n) is 23.6. The van der Waals surface area contributed by atoms with Crippen LogP contribution in [0, 0.1) is 11.6 Å². The van der Waals surface area contributed by atoms with Gasteiger partial charge in [0.25, 0.3) is 0 Å². The smallest absolute Gasteiger partial charge is 0.322 e. The molecule has 42 heavy (non-hydrogen) atoms. The molecule has 0 saturated carbocycles. The van der Waals surface area contributed by atoms with E-state index in [1.165, 1.54) is 12.3 Å². The second-order valence-electron chi connectivity index (χ2n) is 10.1. The highest BCUT2D eigenvalue weighted by molar-refractivity contribution is 7.92. The van der Waals surface area contributed by atoms with E-state index in [0.29, 0.717) is 23.9 Å². The van der Waals surface area contributed by atoms with Gasteiger partial charge in [0.2, 0.25) is 15.9 Å². The van der Waals surface area contributed by atoms with E-state index in [1.807, 2.05) is 24.3 Å². The molecule has 0 spiro atoms. The summed E-state index contributed by atoms with van der Waals surface area (Å²) in [5.74, 6) is -0.529. The summed E-state index contributed by atoms with van der Waals surface area (Å²) in [6.45, 7) is 4.99. The van der Waals surface area contributed by atoms with Crippen LogP contribution < -0.4 is 14.8 Å². The number of piperidine rings is 1. The van der Waals surface area contributed by atoms with Gasteiger partial charge in [-0.05, 0) is 55.2 Å². The number of nitrogens with zero attached hydrogens (tertiary/aromatic N) is 3. The lowest BCUT2D eigenvalue weighted by atomic mass is 10.0. The van der Waals surface area contributed by atoms with E-state index in [4.69, 9.17) is 4.74 Å². The van der Waals surface area contributed by atoms with Gasteiger partial charge in [0.05, 0.1) is 23.8 Å². The number of carbonyl (C=O) groups is 1. The highest BCUT2D eigenvalue weighted by atomic mass is 35.5. The molecule has 1 saturated heterocycles. The van der Waals surface area contributed by atoms with Gasteiger partial charge >= 0.3 is 6.03 Å². The Hall–Kier alpha value is -3.48. The third-order valence-electron chi connectivity index (χ3n) is 6.78. The minimum Gasteiger partial charge on any atom is -0.439 e. The van der Waals surface area contributed by atoms with Gasteiger partial charge in [-0.3, -0.25) is 9.62 Å². The summed E-state index contributed by atoms with van der Waals surface area (Å²) in [5.41, 5.74) is 1.44. The molecule has 2 N–H and O–H groups in total. The molecule has 13 heteroatoms. The Morgan fingerprint density at radius 2 is 1.81 bits per heavy atom. The minimum atomic E-state index is -3.37. The van der Waals surface area contributed by atoms with Crippen molar-refractivity contribution < 1.29 is 26.7 Å². The van der Waals surface area contributed by atoms with Gasteiger partial charge in [-0.2, -0.15) is 0 Å². The number of aromatic nitrogens is 1. The number of hydrogen-bond acceptors (Lipinski definition) is 6. The Kier molecular flexibility index (Phi) is 11.9. The first-order valence-corrected chi connectivity index (χ1v) is 15.4. The van der Waals surface area contributed by atoms with E-state index in [-0.39, 0.29) is 30.2 Å². The predicted molar refractivity (Wildman–Crippen MR) is 162 cm³/mol. The maximum absolute atomic E-state index is 14.1. The number of unbranched alkanes of at least 4 members (excludes halogenated alkanes) is 1. The molecule has 3 aromatic rings. The number of hydrogen-bond donors (Lipinski definition) is 2. The first kappa shape index (κ1) is 33.0. The Labute approximate surface area is 251 Å². The summed E-state index contributed by atoms with van der Waals surface area (Å²) in [4.78, 5) is 21.3. The van der Waals surface area contributed by atoms with Crippen LogP contribution in [0.15, 0.2) is 60.8 Å². The summed E-state index contributed by atoms with van der Waals surface area (Å²) < 4.78 is 58.2. The lowest BCUT2D eigenvalue weighted by Crippen LogP contribution is -2.49. The molecule has 1 aliphatic rings. The number of urea groups is 1. The lowest BCUT2D eigenvalue weighted by molar-refractivity contribution is 0.122. The molecule has 1 aliphatic heterocycles. The number of likely N-dealkylation sites (tertiary alicyclic amines) is 1. The number of benzene rings is 2. The largest absolute Gasteiger partial charge is 0.439 e. The summed E-state index contributed by atoms with van der Waals surface area (Å²) in [6.07, 6.45) is 5.81. The lowest BCUT2D eigenvalue weighted by Gasteiger charge is -2.38. The van der Waals surface area contributed by atoms with Gasteiger partial charge in [-0.15, -0.1) is 12.4 Å². The van der Waals surface area contributed by atoms with E-state index in [0.717, 1.165) is 69.3 Å². The maximum atomic E-state index is 14.1. The third-order valence-corrected chi connectivity index (χ3v) is 7.38. The Bertz CT molecular complexity index is 1420. The number of anilines is 2. The monoisotopic (exact) mass is 623 g/mol. The maximum Gasteiger partial charge on any atom is 0.322 e. The van der Waals surface area contributed by atoms with Gasteiger partial charge in [-0.25, -0.2) is 27.0 Å². The minimum absolute atomic E-state index is 0. The first-order chi connectivity index (χ1) is 19.6. The summed E-state index contributed by atoms with van der Waals surface area (Å²) >= 11 is 0. The summed E-state index contributed by atoms with van der Waals surface area (Å²) in [6, 6.07) is 13.7. The molecule has 0 atom stereocenters. The summed E-state index contributed by atoms with van der Waals surface area (Å²) in [5, 5.41) is 2.62. The average Bonchev–Trinajstić information content (AvgIpc) is 2.93. The molecule has 0 radical (unpaired) electrons. The van der Waals surface area contributed by atoms with Gasteiger partial charge in [0.1, 0.15) is 17.4 Å². The molecule has 1 fully saturated rings. The van der Waals surface area contributed by atoms with Gasteiger partial charge in [-0.1, -0.05) is 25.5 Å². The van der Waals surface area contributed by atoms with Crippen molar-refractivity contribution in [1.82, 2.24) is 14.8 Å². The third kappa shape index (κ3) is 9.81. The number of sulfonamides is 1. The topological polar surface area (TPSA) is 104 Å². The first-order valence-electron chi connectivity index (χ1n) is 13.6.